The molecule has 0 aromatic heterocycles. The molecule has 0 fully saturated rings. The summed E-state index contributed by atoms with van der Waals surface area (Å²) < 4.78 is 10.5. The van der Waals surface area contributed by atoms with Gasteiger partial charge in [0.25, 0.3) is 0 Å². The first-order valence-corrected chi connectivity index (χ1v) is 5.92. The third-order valence-corrected chi connectivity index (χ3v) is 2.62. The molecule has 1 aliphatic rings. The van der Waals surface area contributed by atoms with Crippen molar-refractivity contribution in [3.8, 4) is 0 Å². The lowest BCUT2D eigenvalue weighted by molar-refractivity contribution is 0.0526. The highest BCUT2D eigenvalue weighted by atomic mass is 16.5. The Morgan fingerprint density at radius 3 is 2.71 bits per heavy atom. The number of benzene rings is 1. The van der Waals surface area contributed by atoms with Crippen LogP contribution in [0.1, 0.15) is 35.7 Å². The number of ether oxygens (including phenoxy) is 2. The van der Waals surface area contributed by atoms with E-state index in [0.29, 0.717) is 12.2 Å². The lowest BCUT2D eigenvalue weighted by Crippen LogP contribution is -2.05. The van der Waals surface area contributed by atoms with E-state index < -0.39 is 0 Å². The van der Waals surface area contributed by atoms with Crippen LogP contribution >= 0.6 is 0 Å². The summed E-state index contributed by atoms with van der Waals surface area (Å²) in [5.41, 5.74) is 1.59. The van der Waals surface area contributed by atoms with E-state index in [1.807, 2.05) is 12.1 Å². The van der Waals surface area contributed by atoms with Gasteiger partial charge in [-0.1, -0.05) is 12.1 Å². The van der Waals surface area contributed by atoms with Crippen LogP contribution in [-0.4, -0.2) is 19.2 Å². The fourth-order valence-corrected chi connectivity index (χ4v) is 1.74. The predicted molar refractivity (Wildman–Crippen MR) is 65.6 cm³/mol. The molecule has 2 rings (SSSR count). The van der Waals surface area contributed by atoms with Crippen LogP contribution in [0.2, 0.25) is 0 Å². The Morgan fingerprint density at radius 2 is 2.12 bits per heavy atom. The molecule has 0 saturated heterocycles. The van der Waals surface area contributed by atoms with Crippen molar-refractivity contribution >= 4 is 11.7 Å². The van der Waals surface area contributed by atoms with Crippen LogP contribution in [0, 0.1) is 0 Å². The first kappa shape index (κ1) is 11.7. The van der Waals surface area contributed by atoms with E-state index in [9.17, 15) is 4.79 Å². The van der Waals surface area contributed by atoms with Crippen LogP contribution in [-0.2, 0) is 9.47 Å². The van der Waals surface area contributed by atoms with E-state index in [0.717, 1.165) is 30.8 Å². The van der Waals surface area contributed by atoms with E-state index in [1.165, 1.54) is 0 Å². The average Bonchev–Trinajstić information content (AvgIpc) is 2.40. The first-order valence-electron chi connectivity index (χ1n) is 5.92. The summed E-state index contributed by atoms with van der Waals surface area (Å²) in [5, 5.41) is 0. The Morgan fingerprint density at radius 1 is 1.35 bits per heavy atom. The second kappa shape index (κ2) is 5.53. The molecule has 3 heteroatoms. The molecule has 3 nitrogen and oxygen atoms in total. The van der Waals surface area contributed by atoms with E-state index >= 15 is 0 Å². The molecule has 0 atom stereocenters. The Balaban J connectivity index is 2.12. The maximum atomic E-state index is 11.5. The molecule has 0 spiro atoms. The predicted octanol–water partition coefficient (Wildman–Crippen LogP) is 3.01. The number of carbonyl (C=O) groups is 1. The van der Waals surface area contributed by atoms with Crippen LogP contribution < -0.4 is 0 Å². The van der Waals surface area contributed by atoms with Gasteiger partial charge >= 0.3 is 5.97 Å². The highest BCUT2D eigenvalue weighted by molar-refractivity contribution is 5.89. The van der Waals surface area contributed by atoms with Gasteiger partial charge < -0.3 is 9.47 Å². The summed E-state index contributed by atoms with van der Waals surface area (Å²) in [4.78, 5) is 11.5. The normalized spacial score (nSPS) is 14.8. The summed E-state index contributed by atoms with van der Waals surface area (Å²) >= 11 is 0. The van der Waals surface area contributed by atoms with Crippen LogP contribution in [0.25, 0.3) is 5.76 Å². The second-order valence-electron chi connectivity index (χ2n) is 3.86. The maximum absolute atomic E-state index is 11.5. The standard InChI is InChI=1S/C14H16O3/c1-2-16-14(15)12-8-6-11(7-9-12)13-5-3-4-10-17-13/h5-9H,2-4,10H2,1H3. The van der Waals surface area contributed by atoms with Gasteiger partial charge in [0.1, 0.15) is 5.76 Å². The van der Waals surface area contributed by atoms with Crippen LogP contribution in [0.5, 0.6) is 0 Å². The molecule has 1 aromatic rings. The summed E-state index contributed by atoms with van der Waals surface area (Å²) in [6, 6.07) is 7.32. The Labute approximate surface area is 101 Å². The van der Waals surface area contributed by atoms with E-state index in [1.54, 1.807) is 19.1 Å². The molecule has 0 bridgehead atoms. The number of allylic oxidation sites excluding steroid dienone is 1. The van der Waals surface area contributed by atoms with Gasteiger partial charge in [-0.3, -0.25) is 0 Å². The van der Waals surface area contributed by atoms with Gasteiger partial charge in [-0.25, -0.2) is 4.79 Å². The molecular weight excluding hydrogens is 216 g/mol. The van der Waals surface area contributed by atoms with Crippen molar-refractivity contribution in [2.45, 2.75) is 19.8 Å². The van der Waals surface area contributed by atoms with Gasteiger partial charge in [0.15, 0.2) is 0 Å². The first-order chi connectivity index (χ1) is 8.31. The highest BCUT2D eigenvalue weighted by Gasteiger charge is 2.09. The van der Waals surface area contributed by atoms with E-state index in [-0.39, 0.29) is 5.97 Å². The Hall–Kier alpha value is -1.77. The summed E-state index contributed by atoms with van der Waals surface area (Å²) in [6.45, 7) is 2.97. The highest BCUT2D eigenvalue weighted by Crippen LogP contribution is 2.21. The minimum Gasteiger partial charge on any atom is -0.493 e. The molecule has 90 valence electrons. The monoisotopic (exact) mass is 232 g/mol. The quantitative estimate of drug-likeness (QED) is 0.751. The Bertz CT molecular complexity index is 418. The molecule has 0 saturated carbocycles. The second-order valence-corrected chi connectivity index (χ2v) is 3.86. The smallest absolute Gasteiger partial charge is 0.338 e. The summed E-state index contributed by atoms with van der Waals surface area (Å²) in [6.07, 6.45) is 4.21. The molecule has 1 heterocycles. The lowest BCUT2D eigenvalue weighted by atomic mass is 10.1. The fourth-order valence-electron chi connectivity index (χ4n) is 1.74. The van der Waals surface area contributed by atoms with Gasteiger partial charge in [0, 0.05) is 5.56 Å². The van der Waals surface area contributed by atoms with Crippen molar-refractivity contribution in [3.05, 3.63) is 41.5 Å². The molecule has 1 aliphatic heterocycles. The minimum atomic E-state index is -0.280. The van der Waals surface area contributed by atoms with Crippen molar-refractivity contribution < 1.29 is 14.3 Å². The fraction of sp³-hybridized carbons (Fsp3) is 0.357. The third kappa shape index (κ3) is 2.87. The largest absolute Gasteiger partial charge is 0.493 e. The van der Waals surface area contributed by atoms with Gasteiger partial charge in [0.05, 0.1) is 18.8 Å². The van der Waals surface area contributed by atoms with Crippen molar-refractivity contribution in [2.24, 2.45) is 0 Å². The molecule has 1 aromatic carbocycles. The Kier molecular flexibility index (Phi) is 3.81. The lowest BCUT2D eigenvalue weighted by Gasteiger charge is -2.15. The van der Waals surface area contributed by atoms with Gasteiger partial charge in [-0.05, 0) is 38.0 Å². The van der Waals surface area contributed by atoms with Crippen LogP contribution in [0.4, 0.5) is 0 Å². The van der Waals surface area contributed by atoms with Crippen LogP contribution in [0.15, 0.2) is 30.3 Å². The van der Waals surface area contributed by atoms with E-state index in [2.05, 4.69) is 6.08 Å². The molecular formula is C14H16O3. The number of hydrogen-bond acceptors (Lipinski definition) is 3. The molecule has 0 unspecified atom stereocenters. The molecule has 0 radical (unpaired) electrons. The number of carbonyl (C=O) groups excluding carboxylic acids is 1. The third-order valence-electron chi connectivity index (χ3n) is 2.62. The zero-order chi connectivity index (χ0) is 12.1. The van der Waals surface area contributed by atoms with Gasteiger partial charge in [-0.2, -0.15) is 0 Å². The van der Waals surface area contributed by atoms with Crippen molar-refractivity contribution in [2.75, 3.05) is 13.2 Å². The van der Waals surface area contributed by atoms with Crippen LogP contribution in [0.3, 0.4) is 0 Å². The molecule has 17 heavy (non-hydrogen) atoms. The number of esters is 1. The zero-order valence-corrected chi connectivity index (χ0v) is 9.94. The molecule has 0 N–H and O–H groups in total. The minimum absolute atomic E-state index is 0.280. The van der Waals surface area contributed by atoms with Gasteiger partial charge in [0.2, 0.25) is 0 Å². The number of rotatable bonds is 3. The molecule has 0 aliphatic carbocycles. The average molecular weight is 232 g/mol. The van der Waals surface area contributed by atoms with E-state index in [4.69, 9.17) is 9.47 Å². The number of hydrogen-bond donors (Lipinski definition) is 0. The zero-order valence-electron chi connectivity index (χ0n) is 9.94. The molecule has 0 amide bonds. The van der Waals surface area contributed by atoms with Crippen molar-refractivity contribution in [1.82, 2.24) is 0 Å². The SMILES string of the molecule is CCOC(=O)c1ccc(C2=CCCCO2)cc1. The van der Waals surface area contributed by atoms with Crippen molar-refractivity contribution in [1.29, 1.82) is 0 Å². The summed E-state index contributed by atoms with van der Waals surface area (Å²) in [7, 11) is 0. The van der Waals surface area contributed by atoms with Crippen molar-refractivity contribution in [3.63, 3.8) is 0 Å². The van der Waals surface area contributed by atoms with Gasteiger partial charge in [-0.15, -0.1) is 0 Å². The maximum Gasteiger partial charge on any atom is 0.338 e. The summed E-state index contributed by atoms with van der Waals surface area (Å²) in [5.74, 6) is 0.629. The topological polar surface area (TPSA) is 35.5 Å².